The van der Waals surface area contributed by atoms with Crippen LogP contribution < -0.4 is 0 Å². The maximum absolute atomic E-state index is 11.1. The molecule has 1 heteroatoms. The van der Waals surface area contributed by atoms with E-state index in [9.17, 15) is 5.11 Å². The summed E-state index contributed by atoms with van der Waals surface area (Å²) in [5.41, 5.74) is 2.05. The second-order valence-corrected chi connectivity index (χ2v) is 6.41. The van der Waals surface area contributed by atoms with Crippen molar-refractivity contribution in [3.63, 3.8) is 0 Å². The minimum atomic E-state index is -0.544. The van der Waals surface area contributed by atoms with E-state index in [1.807, 2.05) is 0 Å². The molecular formula is C17H24O. The van der Waals surface area contributed by atoms with Gasteiger partial charge in [0.25, 0.3) is 0 Å². The van der Waals surface area contributed by atoms with Crippen molar-refractivity contribution in [1.29, 1.82) is 0 Å². The highest BCUT2D eigenvalue weighted by Gasteiger charge is 2.38. The van der Waals surface area contributed by atoms with E-state index in [1.165, 1.54) is 36.8 Å². The summed E-state index contributed by atoms with van der Waals surface area (Å²) in [5.74, 6) is 1.35. The first-order valence-electron chi connectivity index (χ1n) is 7.51. The monoisotopic (exact) mass is 244 g/mol. The van der Waals surface area contributed by atoms with Gasteiger partial charge in [-0.1, -0.05) is 56.9 Å². The summed E-state index contributed by atoms with van der Waals surface area (Å²) in [5, 5.41) is 11.1. The lowest BCUT2D eigenvalue weighted by atomic mass is 9.71. The molecule has 98 valence electrons. The first kappa shape index (κ1) is 12.2. The van der Waals surface area contributed by atoms with Gasteiger partial charge < -0.3 is 5.11 Å². The molecular weight excluding hydrogens is 220 g/mol. The normalized spacial score (nSPS) is 32.4. The molecule has 1 N–H and O–H groups in total. The van der Waals surface area contributed by atoms with Crippen LogP contribution in [0.5, 0.6) is 0 Å². The smallest absolute Gasteiger partial charge is 0.0902 e. The van der Waals surface area contributed by atoms with Crippen molar-refractivity contribution in [3.8, 4) is 0 Å². The van der Waals surface area contributed by atoms with Gasteiger partial charge in [-0.3, -0.25) is 0 Å². The van der Waals surface area contributed by atoms with Gasteiger partial charge in [0, 0.05) is 0 Å². The molecule has 3 rings (SSSR count). The van der Waals surface area contributed by atoms with Crippen LogP contribution in [-0.2, 0) is 5.60 Å². The van der Waals surface area contributed by atoms with Gasteiger partial charge in [-0.2, -0.15) is 0 Å². The van der Waals surface area contributed by atoms with E-state index in [0.29, 0.717) is 5.92 Å². The van der Waals surface area contributed by atoms with Crippen LogP contribution in [0.3, 0.4) is 0 Å². The van der Waals surface area contributed by atoms with Gasteiger partial charge in [0.1, 0.15) is 0 Å². The maximum Gasteiger partial charge on any atom is 0.0902 e. The topological polar surface area (TPSA) is 20.2 Å². The Morgan fingerprint density at radius 3 is 2.67 bits per heavy atom. The number of hydrogen-bond acceptors (Lipinski definition) is 1. The van der Waals surface area contributed by atoms with E-state index >= 15 is 0 Å². The molecule has 2 unspecified atom stereocenters. The van der Waals surface area contributed by atoms with Gasteiger partial charge >= 0.3 is 0 Å². The Hall–Kier alpha value is -0.820. The third-order valence-electron chi connectivity index (χ3n) is 5.09. The van der Waals surface area contributed by atoms with E-state index in [-0.39, 0.29) is 0 Å². The highest BCUT2D eigenvalue weighted by Crippen LogP contribution is 2.46. The van der Waals surface area contributed by atoms with E-state index in [2.05, 4.69) is 31.2 Å². The van der Waals surface area contributed by atoms with Crippen LogP contribution in [0.4, 0.5) is 0 Å². The number of rotatable bonds is 2. The summed E-state index contributed by atoms with van der Waals surface area (Å²) in [7, 11) is 0. The Labute approximate surface area is 110 Å². The van der Waals surface area contributed by atoms with Gasteiger partial charge in [0.2, 0.25) is 0 Å². The summed E-state index contributed by atoms with van der Waals surface area (Å²) in [4.78, 5) is 0. The lowest BCUT2D eigenvalue weighted by Gasteiger charge is -2.39. The molecule has 2 atom stereocenters. The van der Waals surface area contributed by atoms with Crippen LogP contribution in [0.1, 0.15) is 68.9 Å². The standard InChI is InChI=1S/C17H24O/c1-13-10-11-17(18,12-14-6-2-3-7-14)16-9-5-4-8-15(13)16/h4-5,8-9,13-14,18H,2-3,6-7,10-12H2,1H3. The van der Waals surface area contributed by atoms with Crippen molar-refractivity contribution < 1.29 is 5.11 Å². The molecule has 0 radical (unpaired) electrons. The molecule has 0 heterocycles. The van der Waals surface area contributed by atoms with Crippen molar-refractivity contribution in [3.05, 3.63) is 35.4 Å². The van der Waals surface area contributed by atoms with Crippen LogP contribution in [0, 0.1) is 5.92 Å². The molecule has 1 nitrogen and oxygen atoms in total. The highest BCUT2D eigenvalue weighted by molar-refractivity contribution is 5.37. The Kier molecular flexibility index (Phi) is 3.19. The quantitative estimate of drug-likeness (QED) is 0.820. The minimum Gasteiger partial charge on any atom is -0.385 e. The second kappa shape index (κ2) is 4.70. The summed E-state index contributed by atoms with van der Waals surface area (Å²) in [6, 6.07) is 8.55. The van der Waals surface area contributed by atoms with Crippen LogP contribution in [0.15, 0.2) is 24.3 Å². The van der Waals surface area contributed by atoms with Crippen LogP contribution in [0.2, 0.25) is 0 Å². The zero-order valence-corrected chi connectivity index (χ0v) is 11.4. The molecule has 1 fully saturated rings. The van der Waals surface area contributed by atoms with E-state index in [0.717, 1.165) is 25.2 Å². The Morgan fingerprint density at radius 1 is 1.17 bits per heavy atom. The largest absolute Gasteiger partial charge is 0.385 e. The van der Waals surface area contributed by atoms with Crippen molar-refractivity contribution in [2.75, 3.05) is 0 Å². The predicted molar refractivity (Wildman–Crippen MR) is 74.6 cm³/mol. The second-order valence-electron chi connectivity index (χ2n) is 6.41. The minimum absolute atomic E-state index is 0.544. The fraction of sp³-hybridized carbons (Fsp3) is 0.647. The van der Waals surface area contributed by atoms with Gasteiger partial charge in [0.05, 0.1) is 5.60 Å². The molecule has 18 heavy (non-hydrogen) atoms. The zero-order chi connectivity index (χ0) is 12.6. The molecule has 0 saturated heterocycles. The van der Waals surface area contributed by atoms with Crippen LogP contribution >= 0.6 is 0 Å². The average molecular weight is 244 g/mol. The number of benzene rings is 1. The summed E-state index contributed by atoms with van der Waals surface area (Å²) >= 11 is 0. The van der Waals surface area contributed by atoms with Crippen molar-refractivity contribution >= 4 is 0 Å². The molecule has 0 aromatic heterocycles. The summed E-state index contributed by atoms with van der Waals surface area (Å²) in [6.45, 7) is 2.29. The molecule has 0 aliphatic heterocycles. The SMILES string of the molecule is CC1CCC(O)(CC2CCCC2)c2ccccc21. The van der Waals surface area contributed by atoms with E-state index in [4.69, 9.17) is 0 Å². The van der Waals surface area contributed by atoms with Crippen LogP contribution in [0.25, 0.3) is 0 Å². The third-order valence-corrected chi connectivity index (χ3v) is 5.09. The molecule has 0 spiro atoms. The highest BCUT2D eigenvalue weighted by atomic mass is 16.3. The van der Waals surface area contributed by atoms with Gasteiger partial charge in [-0.25, -0.2) is 0 Å². The first-order chi connectivity index (χ1) is 8.69. The van der Waals surface area contributed by atoms with Gasteiger partial charge in [0.15, 0.2) is 0 Å². The molecule has 1 aromatic carbocycles. The molecule has 1 aromatic rings. The molecule has 1 saturated carbocycles. The summed E-state index contributed by atoms with van der Waals surface area (Å²) < 4.78 is 0. The van der Waals surface area contributed by atoms with Crippen molar-refractivity contribution in [2.45, 2.75) is 63.4 Å². The van der Waals surface area contributed by atoms with Crippen molar-refractivity contribution in [1.82, 2.24) is 0 Å². The predicted octanol–water partition coefficient (Wildman–Crippen LogP) is 4.35. The van der Waals surface area contributed by atoms with E-state index < -0.39 is 5.60 Å². The molecule has 0 bridgehead atoms. The first-order valence-corrected chi connectivity index (χ1v) is 7.51. The van der Waals surface area contributed by atoms with Crippen LogP contribution in [-0.4, -0.2) is 5.11 Å². The van der Waals surface area contributed by atoms with E-state index in [1.54, 1.807) is 0 Å². The fourth-order valence-corrected chi connectivity index (χ4v) is 4.00. The van der Waals surface area contributed by atoms with Gasteiger partial charge in [-0.15, -0.1) is 0 Å². The fourth-order valence-electron chi connectivity index (χ4n) is 4.00. The average Bonchev–Trinajstić information content (AvgIpc) is 2.87. The Morgan fingerprint density at radius 2 is 1.89 bits per heavy atom. The Bertz CT molecular complexity index is 419. The summed E-state index contributed by atoms with van der Waals surface area (Å²) in [6.07, 6.45) is 8.41. The zero-order valence-electron chi connectivity index (χ0n) is 11.4. The van der Waals surface area contributed by atoms with Crippen molar-refractivity contribution in [2.24, 2.45) is 5.92 Å². The number of aliphatic hydroxyl groups is 1. The Balaban J connectivity index is 1.90. The lowest BCUT2D eigenvalue weighted by molar-refractivity contribution is -0.00747. The maximum atomic E-state index is 11.1. The molecule has 2 aliphatic rings. The molecule has 2 aliphatic carbocycles. The van der Waals surface area contributed by atoms with Gasteiger partial charge in [-0.05, 0) is 42.2 Å². The number of hydrogen-bond donors (Lipinski definition) is 1. The number of fused-ring (bicyclic) bond motifs is 1. The lowest BCUT2D eigenvalue weighted by Crippen LogP contribution is -2.33. The third kappa shape index (κ3) is 2.09. The molecule has 0 amide bonds.